The summed E-state index contributed by atoms with van der Waals surface area (Å²) in [5.41, 5.74) is 14.1. The maximum Gasteiger partial charge on any atom is 0.167 e. The minimum absolute atomic E-state index is 0. The third-order valence-corrected chi connectivity index (χ3v) is 12.0. The summed E-state index contributed by atoms with van der Waals surface area (Å²) in [5, 5.41) is 0. The van der Waals surface area contributed by atoms with Gasteiger partial charge in [0.1, 0.15) is 0 Å². The Hall–Kier alpha value is -6.14. The molecule has 7 heteroatoms. The Morgan fingerprint density at radius 3 is 1.03 bits per heavy atom. The predicted octanol–water partition coefficient (Wildman–Crippen LogP) is 15.5. The van der Waals surface area contributed by atoms with Crippen LogP contribution in [0, 0.1) is 6.07 Å². The van der Waals surface area contributed by atoms with E-state index in [1.807, 2.05) is 6.07 Å². The quantitative estimate of drug-likeness (QED) is 0.141. The second kappa shape index (κ2) is 18.6. The largest absolute Gasteiger partial charge is 0.311 e. The van der Waals surface area contributed by atoms with Crippen LogP contribution in [0.15, 0.2) is 152 Å². The second-order valence-electron chi connectivity index (χ2n) is 21.2. The topological polar surface area (TPSA) is 67.7 Å². The molecule has 8 rings (SSSR count). The molecule has 0 saturated heterocycles. The van der Waals surface area contributed by atoms with Crippen molar-refractivity contribution in [2.45, 2.75) is 105 Å². The van der Waals surface area contributed by atoms with Crippen molar-refractivity contribution in [3.8, 4) is 56.7 Å². The molecule has 6 aromatic carbocycles. The minimum Gasteiger partial charge on any atom is -0.311 e. The third-order valence-electron chi connectivity index (χ3n) is 12.0. The summed E-state index contributed by atoms with van der Waals surface area (Å²) in [6, 6.07) is 53.1. The molecule has 0 aliphatic heterocycles. The van der Waals surface area contributed by atoms with E-state index in [1.165, 1.54) is 22.3 Å². The van der Waals surface area contributed by atoms with Crippen LogP contribution in [0.5, 0.6) is 0 Å². The van der Waals surface area contributed by atoms with Gasteiger partial charge in [-0.15, -0.1) is 35.4 Å². The molecule has 0 saturated carbocycles. The SMILES string of the molecule is CC(C)(C)c1ccc(-c2nc(-c3ccc(C(C)(C)C)cc3)nc(-c3cnc(-c4[c-]ccc(-c5ccc(N(c6ccc(C(C)(C)C)cc6)c6ccc(C(C)(C)C)cc6)cc5)c4)nc3)n2)cc1.[Ir]. The second-order valence-corrected chi connectivity index (χ2v) is 21.2. The van der Waals surface area contributed by atoms with E-state index >= 15 is 0 Å². The monoisotopic (exact) mass is 1050 g/mol. The maximum atomic E-state index is 4.98. The predicted molar refractivity (Wildman–Crippen MR) is 271 cm³/mol. The van der Waals surface area contributed by atoms with Gasteiger partial charge in [-0.1, -0.05) is 168 Å². The van der Waals surface area contributed by atoms with Crippen LogP contribution < -0.4 is 4.90 Å². The maximum absolute atomic E-state index is 4.98. The van der Waals surface area contributed by atoms with Gasteiger partial charge in [0.15, 0.2) is 17.5 Å². The molecular formula is C59H61IrN6-. The number of aromatic nitrogens is 5. The summed E-state index contributed by atoms with van der Waals surface area (Å²) < 4.78 is 0. The Balaban J connectivity index is 0.00000648. The summed E-state index contributed by atoms with van der Waals surface area (Å²) in [6.45, 7) is 26.8. The van der Waals surface area contributed by atoms with Crippen molar-refractivity contribution in [2.24, 2.45) is 0 Å². The number of benzene rings is 6. The zero-order valence-electron chi connectivity index (χ0n) is 40.5. The van der Waals surface area contributed by atoms with Gasteiger partial charge in [-0.25, -0.2) is 15.0 Å². The van der Waals surface area contributed by atoms with E-state index in [0.29, 0.717) is 28.9 Å². The molecule has 0 unspecified atom stereocenters. The zero-order valence-corrected chi connectivity index (χ0v) is 42.8. The fourth-order valence-corrected chi connectivity index (χ4v) is 7.83. The molecule has 6 nitrogen and oxygen atoms in total. The number of hydrogen-bond acceptors (Lipinski definition) is 6. The third kappa shape index (κ3) is 10.8. The molecule has 0 amide bonds. The molecule has 0 aliphatic carbocycles. The molecule has 0 N–H and O–H groups in total. The van der Waals surface area contributed by atoms with Gasteiger partial charge in [-0.05, 0) is 85.9 Å². The molecule has 0 aliphatic rings. The molecule has 0 spiro atoms. The van der Waals surface area contributed by atoms with Crippen LogP contribution >= 0.6 is 0 Å². The van der Waals surface area contributed by atoms with Gasteiger partial charge in [-0.2, -0.15) is 0 Å². The molecule has 2 heterocycles. The van der Waals surface area contributed by atoms with E-state index in [1.54, 1.807) is 12.4 Å². The van der Waals surface area contributed by atoms with E-state index in [2.05, 4.69) is 228 Å². The van der Waals surface area contributed by atoms with Crippen molar-refractivity contribution in [3.63, 3.8) is 0 Å². The Morgan fingerprint density at radius 1 is 0.348 bits per heavy atom. The Kier molecular flexibility index (Phi) is 13.5. The van der Waals surface area contributed by atoms with Crippen molar-refractivity contribution in [1.82, 2.24) is 24.9 Å². The van der Waals surface area contributed by atoms with Gasteiger partial charge in [0.25, 0.3) is 0 Å². The van der Waals surface area contributed by atoms with E-state index < -0.39 is 0 Å². The molecule has 66 heavy (non-hydrogen) atoms. The van der Waals surface area contributed by atoms with Gasteiger partial charge < -0.3 is 4.90 Å². The number of hydrogen-bond donors (Lipinski definition) is 0. The molecule has 2 aromatic heterocycles. The van der Waals surface area contributed by atoms with Gasteiger partial charge in [0.05, 0.1) is 11.4 Å². The summed E-state index contributed by atoms with van der Waals surface area (Å²) in [6.07, 6.45) is 3.59. The Labute approximate surface area is 406 Å². The molecule has 0 fully saturated rings. The molecule has 0 atom stereocenters. The summed E-state index contributed by atoms with van der Waals surface area (Å²) >= 11 is 0. The van der Waals surface area contributed by atoms with Crippen LogP contribution in [0.1, 0.15) is 105 Å². The van der Waals surface area contributed by atoms with Crippen molar-refractivity contribution >= 4 is 17.1 Å². The molecule has 8 aromatic rings. The summed E-state index contributed by atoms with van der Waals surface area (Å²) in [4.78, 5) is 26.9. The molecule has 0 bridgehead atoms. The van der Waals surface area contributed by atoms with E-state index in [9.17, 15) is 0 Å². The van der Waals surface area contributed by atoms with Crippen LogP contribution in [0.2, 0.25) is 0 Å². The summed E-state index contributed by atoms with van der Waals surface area (Å²) in [7, 11) is 0. The van der Waals surface area contributed by atoms with Gasteiger partial charge in [0, 0.05) is 60.7 Å². The average Bonchev–Trinajstić information content (AvgIpc) is 3.28. The van der Waals surface area contributed by atoms with E-state index in [0.717, 1.165) is 44.9 Å². The van der Waals surface area contributed by atoms with E-state index in [-0.39, 0.29) is 41.8 Å². The Bertz CT molecular complexity index is 2760. The Morgan fingerprint density at radius 2 is 0.667 bits per heavy atom. The van der Waals surface area contributed by atoms with Gasteiger partial charge in [-0.3, -0.25) is 9.97 Å². The smallest absolute Gasteiger partial charge is 0.167 e. The molecule has 1 radical (unpaired) electrons. The average molecular weight is 1050 g/mol. The first-order chi connectivity index (χ1) is 30.7. The summed E-state index contributed by atoms with van der Waals surface area (Å²) in [5.74, 6) is 2.28. The fraction of sp³-hybridized carbons (Fsp3) is 0.271. The number of rotatable bonds is 8. The van der Waals surface area contributed by atoms with Crippen LogP contribution in [-0.4, -0.2) is 24.9 Å². The zero-order chi connectivity index (χ0) is 46.3. The fourth-order valence-electron chi connectivity index (χ4n) is 7.83. The standard InChI is InChI=1S/C59H61N6.Ir/c1-56(2,3)45-22-16-40(17-23-45)53-62-54(41-18-24-46(25-19-41)57(4,5)6)64-55(63-53)44-37-60-52(61-38-44)43-15-13-14-42(36-43)39-20-30-49(31-21-39)65(50-32-26-47(27-33-50)58(7,8)9)51-34-28-48(29-35-51)59(10,11)12;/h13-14,16-38H,1-12H3;/q-1;. The normalized spacial score (nSPS) is 12.1. The molecule has 337 valence electrons. The van der Waals surface area contributed by atoms with Crippen molar-refractivity contribution in [2.75, 3.05) is 4.90 Å². The first kappa shape index (κ1) is 47.8. The number of nitrogens with zero attached hydrogens (tertiary/aromatic N) is 6. The van der Waals surface area contributed by atoms with Gasteiger partial charge in [0.2, 0.25) is 0 Å². The van der Waals surface area contributed by atoms with Crippen LogP contribution in [0.25, 0.3) is 56.7 Å². The van der Waals surface area contributed by atoms with Crippen LogP contribution in [0.4, 0.5) is 17.1 Å². The van der Waals surface area contributed by atoms with E-state index in [4.69, 9.17) is 24.9 Å². The first-order valence-corrected chi connectivity index (χ1v) is 22.6. The first-order valence-electron chi connectivity index (χ1n) is 22.6. The van der Waals surface area contributed by atoms with Crippen molar-refractivity contribution in [3.05, 3.63) is 180 Å². The van der Waals surface area contributed by atoms with Gasteiger partial charge >= 0.3 is 0 Å². The number of anilines is 3. The van der Waals surface area contributed by atoms with Crippen molar-refractivity contribution < 1.29 is 20.1 Å². The van der Waals surface area contributed by atoms with Crippen LogP contribution in [-0.2, 0) is 41.8 Å². The van der Waals surface area contributed by atoms with Crippen molar-refractivity contribution in [1.29, 1.82) is 0 Å². The minimum atomic E-state index is 0. The van der Waals surface area contributed by atoms with Crippen LogP contribution in [0.3, 0.4) is 0 Å². The molecular weight excluding hydrogens is 985 g/mol.